The van der Waals surface area contributed by atoms with Gasteiger partial charge >= 0.3 is 12.1 Å². The first-order chi connectivity index (χ1) is 8.25. The quantitative estimate of drug-likeness (QED) is 0.373. The number of esters is 1. The fraction of sp³-hybridized carbons (Fsp3) is 0.769. The summed E-state index contributed by atoms with van der Waals surface area (Å²) in [6, 6.07) is 0. The largest absolute Gasteiger partial charge is 0.462 e. The second-order valence-corrected chi connectivity index (χ2v) is 4.56. The maximum Gasteiger partial charge on any atom is 0.391 e. The van der Waals surface area contributed by atoms with Crippen LogP contribution in [0.25, 0.3) is 0 Å². The minimum absolute atomic E-state index is 0.162. The van der Waals surface area contributed by atoms with Gasteiger partial charge in [-0.05, 0) is 19.8 Å². The number of carbonyl (C=O) groups is 1. The van der Waals surface area contributed by atoms with Gasteiger partial charge in [-0.2, -0.15) is 13.2 Å². The van der Waals surface area contributed by atoms with E-state index in [9.17, 15) is 18.0 Å². The molecule has 0 rings (SSSR count). The van der Waals surface area contributed by atoms with Crippen LogP contribution in [0.1, 0.15) is 46.0 Å². The van der Waals surface area contributed by atoms with Crippen LogP contribution < -0.4 is 0 Å². The molecule has 0 spiro atoms. The van der Waals surface area contributed by atoms with Gasteiger partial charge in [-0.15, -0.1) is 0 Å². The van der Waals surface area contributed by atoms with Crippen molar-refractivity contribution >= 4 is 5.97 Å². The second-order valence-electron chi connectivity index (χ2n) is 4.56. The molecule has 0 heterocycles. The Labute approximate surface area is 106 Å². The summed E-state index contributed by atoms with van der Waals surface area (Å²) in [5.41, 5.74) is 0.356. The minimum Gasteiger partial charge on any atom is -0.462 e. The molecule has 0 aliphatic heterocycles. The van der Waals surface area contributed by atoms with Crippen LogP contribution in [0.5, 0.6) is 0 Å². The van der Waals surface area contributed by atoms with E-state index in [1.165, 1.54) is 6.92 Å². The van der Waals surface area contributed by atoms with Crippen molar-refractivity contribution in [2.45, 2.75) is 52.1 Å². The smallest absolute Gasteiger partial charge is 0.391 e. The predicted molar refractivity (Wildman–Crippen MR) is 64.1 cm³/mol. The van der Waals surface area contributed by atoms with E-state index in [0.29, 0.717) is 25.0 Å². The molecule has 0 bridgehead atoms. The number of rotatable bonds is 8. The van der Waals surface area contributed by atoms with Gasteiger partial charge in [0.05, 0.1) is 12.5 Å². The summed E-state index contributed by atoms with van der Waals surface area (Å²) in [4.78, 5) is 11.0. The molecule has 1 atom stereocenters. The van der Waals surface area contributed by atoms with Crippen molar-refractivity contribution in [1.29, 1.82) is 0 Å². The molecule has 0 aromatic rings. The Bertz CT molecular complexity index is 272. The van der Waals surface area contributed by atoms with Gasteiger partial charge in [0, 0.05) is 5.57 Å². The monoisotopic (exact) mass is 266 g/mol. The van der Waals surface area contributed by atoms with Gasteiger partial charge in [-0.25, -0.2) is 4.79 Å². The number of hydrogen-bond acceptors (Lipinski definition) is 2. The SMILES string of the molecule is C=C(C)C(=O)OCCCCCCC(C)C(F)(F)F. The molecular weight excluding hydrogens is 245 g/mol. The first-order valence-corrected chi connectivity index (χ1v) is 6.14. The third-order valence-corrected chi connectivity index (χ3v) is 2.67. The van der Waals surface area contributed by atoms with Gasteiger partial charge < -0.3 is 4.74 Å². The van der Waals surface area contributed by atoms with Crippen molar-refractivity contribution in [1.82, 2.24) is 0 Å². The molecular formula is C13H21F3O2. The third kappa shape index (κ3) is 8.14. The highest BCUT2D eigenvalue weighted by molar-refractivity contribution is 5.86. The Hall–Kier alpha value is -1.00. The Morgan fingerprint density at radius 2 is 1.78 bits per heavy atom. The van der Waals surface area contributed by atoms with Gasteiger partial charge in [0.1, 0.15) is 0 Å². The highest BCUT2D eigenvalue weighted by Crippen LogP contribution is 2.29. The fourth-order valence-corrected chi connectivity index (χ4v) is 1.36. The molecule has 2 nitrogen and oxygen atoms in total. The second kappa shape index (κ2) is 8.16. The topological polar surface area (TPSA) is 26.3 Å². The van der Waals surface area contributed by atoms with Crippen LogP contribution in [0.3, 0.4) is 0 Å². The summed E-state index contributed by atoms with van der Waals surface area (Å²) in [5.74, 6) is -1.65. The highest BCUT2D eigenvalue weighted by Gasteiger charge is 2.34. The number of unbranched alkanes of at least 4 members (excludes halogenated alkanes) is 3. The van der Waals surface area contributed by atoms with Crippen LogP contribution in [0.15, 0.2) is 12.2 Å². The van der Waals surface area contributed by atoms with Crippen molar-refractivity contribution in [2.24, 2.45) is 5.92 Å². The predicted octanol–water partition coefficient (Wildman–Crippen LogP) is 4.25. The molecule has 106 valence electrons. The van der Waals surface area contributed by atoms with E-state index >= 15 is 0 Å². The van der Waals surface area contributed by atoms with E-state index in [4.69, 9.17) is 4.74 Å². The Balaban J connectivity index is 3.42. The first kappa shape index (κ1) is 17.0. The Morgan fingerprint density at radius 1 is 1.22 bits per heavy atom. The van der Waals surface area contributed by atoms with Crippen LogP contribution in [0.4, 0.5) is 13.2 Å². The van der Waals surface area contributed by atoms with Gasteiger partial charge in [0.2, 0.25) is 0 Å². The number of hydrogen-bond donors (Lipinski definition) is 0. The van der Waals surface area contributed by atoms with Crippen LogP contribution >= 0.6 is 0 Å². The lowest BCUT2D eigenvalue weighted by Crippen LogP contribution is -2.19. The number of halogens is 3. The highest BCUT2D eigenvalue weighted by atomic mass is 19.4. The van der Waals surface area contributed by atoms with Crippen molar-refractivity contribution in [3.05, 3.63) is 12.2 Å². The standard InChI is InChI=1S/C13H21F3O2/c1-10(2)12(17)18-9-7-5-4-6-8-11(3)13(14,15)16/h11H,1,4-9H2,2-3H3. The van der Waals surface area contributed by atoms with Crippen molar-refractivity contribution in [3.63, 3.8) is 0 Å². The average Bonchev–Trinajstić information content (AvgIpc) is 2.25. The zero-order valence-electron chi connectivity index (χ0n) is 11.0. The lowest BCUT2D eigenvalue weighted by molar-refractivity contribution is -0.171. The van der Waals surface area contributed by atoms with E-state index in [2.05, 4.69) is 6.58 Å². The van der Waals surface area contributed by atoms with E-state index < -0.39 is 18.1 Å². The molecule has 18 heavy (non-hydrogen) atoms. The third-order valence-electron chi connectivity index (χ3n) is 2.67. The Kier molecular flexibility index (Phi) is 7.71. The molecule has 0 aliphatic rings. The van der Waals surface area contributed by atoms with E-state index in [-0.39, 0.29) is 6.42 Å². The lowest BCUT2D eigenvalue weighted by Gasteiger charge is -2.14. The average molecular weight is 266 g/mol. The summed E-state index contributed by atoms with van der Waals surface area (Å²) in [7, 11) is 0. The van der Waals surface area contributed by atoms with Crippen LogP contribution in [0.2, 0.25) is 0 Å². The molecule has 5 heteroatoms. The van der Waals surface area contributed by atoms with Gasteiger partial charge in [-0.1, -0.05) is 32.8 Å². The maximum atomic E-state index is 12.2. The van der Waals surface area contributed by atoms with E-state index in [1.54, 1.807) is 6.92 Å². The summed E-state index contributed by atoms with van der Waals surface area (Å²) in [5, 5.41) is 0. The molecule has 0 fully saturated rings. The van der Waals surface area contributed by atoms with Crippen molar-refractivity contribution < 1.29 is 22.7 Å². The number of ether oxygens (including phenoxy) is 1. The first-order valence-electron chi connectivity index (χ1n) is 6.14. The molecule has 0 radical (unpaired) electrons. The van der Waals surface area contributed by atoms with Crippen LogP contribution in [-0.4, -0.2) is 18.8 Å². The lowest BCUT2D eigenvalue weighted by atomic mass is 10.0. The molecule has 0 aliphatic carbocycles. The molecule has 0 aromatic heterocycles. The molecule has 1 unspecified atom stereocenters. The molecule has 0 saturated heterocycles. The summed E-state index contributed by atoms with van der Waals surface area (Å²) < 4.78 is 41.4. The molecule has 0 N–H and O–H groups in total. The van der Waals surface area contributed by atoms with Gasteiger partial charge in [-0.3, -0.25) is 0 Å². The van der Waals surface area contributed by atoms with Crippen LogP contribution in [-0.2, 0) is 9.53 Å². The molecule has 0 amide bonds. The summed E-state index contributed by atoms with van der Waals surface area (Å²) in [6.07, 6.45) is -1.19. The molecule has 0 saturated carbocycles. The number of carbonyl (C=O) groups excluding carboxylic acids is 1. The summed E-state index contributed by atoms with van der Waals surface area (Å²) in [6.45, 7) is 6.52. The number of alkyl halides is 3. The Morgan fingerprint density at radius 3 is 2.28 bits per heavy atom. The zero-order chi connectivity index (χ0) is 14.2. The maximum absolute atomic E-state index is 12.2. The van der Waals surface area contributed by atoms with E-state index in [1.807, 2.05) is 0 Å². The minimum atomic E-state index is -4.09. The normalized spacial score (nSPS) is 13.2. The molecule has 0 aromatic carbocycles. The van der Waals surface area contributed by atoms with Crippen molar-refractivity contribution in [2.75, 3.05) is 6.61 Å². The van der Waals surface area contributed by atoms with Crippen LogP contribution in [0, 0.1) is 5.92 Å². The van der Waals surface area contributed by atoms with E-state index in [0.717, 1.165) is 12.8 Å². The van der Waals surface area contributed by atoms with Gasteiger partial charge in [0.25, 0.3) is 0 Å². The van der Waals surface area contributed by atoms with Gasteiger partial charge in [0.15, 0.2) is 0 Å². The zero-order valence-corrected chi connectivity index (χ0v) is 11.0. The summed E-state index contributed by atoms with van der Waals surface area (Å²) >= 11 is 0. The fourth-order valence-electron chi connectivity index (χ4n) is 1.36. The van der Waals surface area contributed by atoms with Crippen molar-refractivity contribution in [3.8, 4) is 0 Å².